The van der Waals surface area contributed by atoms with Crippen LogP contribution in [0, 0.1) is 0 Å². The van der Waals surface area contributed by atoms with E-state index >= 15 is 0 Å². The number of sulfonamides is 1. The lowest BCUT2D eigenvalue weighted by Gasteiger charge is -2.26. The van der Waals surface area contributed by atoms with Gasteiger partial charge in [0, 0.05) is 5.56 Å². The lowest BCUT2D eigenvalue weighted by molar-refractivity contribution is 0.0981. The number of methoxy groups -OCH3 is 2. The van der Waals surface area contributed by atoms with E-state index in [4.69, 9.17) is 9.47 Å². The van der Waals surface area contributed by atoms with E-state index < -0.39 is 15.9 Å². The Morgan fingerprint density at radius 3 is 2.08 bits per heavy atom. The minimum Gasteiger partial charge on any atom is -0.497 e. The Bertz CT molecular complexity index is 1630. The van der Waals surface area contributed by atoms with E-state index in [0.717, 1.165) is 32.1 Å². The van der Waals surface area contributed by atoms with Gasteiger partial charge in [-0.2, -0.15) is 0 Å². The molecule has 0 unspecified atom stereocenters. The van der Waals surface area contributed by atoms with Crippen LogP contribution in [0.3, 0.4) is 0 Å². The van der Waals surface area contributed by atoms with E-state index in [1.54, 1.807) is 36.1 Å². The van der Waals surface area contributed by atoms with E-state index in [2.05, 4.69) is 4.72 Å². The number of amides is 1. The molecule has 1 heterocycles. The van der Waals surface area contributed by atoms with Gasteiger partial charge in [-0.05, 0) is 79.6 Å². The normalized spacial score (nSPS) is 14.4. The average Bonchev–Trinajstić information content (AvgIpc) is 3.24. The molecule has 10 heteroatoms. The van der Waals surface area contributed by atoms with Gasteiger partial charge in [-0.1, -0.05) is 19.3 Å². The highest BCUT2D eigenvalue weighted by Gasteiger charge is 2.25. The lowest BCUT2D eigenvalue weighted by Crippen LogP contribution is -2.30. The highest BCUT2D eigenvalue weighted by molar-refractivity contribution is 7.90. The standard InChI is InChI=1S/C28H29N3O6S/c1-36-22-11-9-21(10-12-22)31-28(33)25-18-19(8-17-26(25)30(31)20-6-4-3-5-7-20)27(32)29-38(34,35)24-15-13-23(37-2)14-16-24/h8-18,20H,3-7H2,1-2H3,(H,29,32). The summed E-state index contributed by atoms with van der Waals surface area (Å²) in [4.78, 5) is 26.7. The van der Waals surface area contributed by atoms with Crippen LogP contribution in [0.5, 0.6) is 11.5 Å². The molecule has 198 valence electrons. The molecule has 1 fully saturated rings. The predicted octanol–water partition coefficient (Wildman–Crippen LogP) is 4.43. The largest absolute Gasteiger partial charge is 0.497 e. The van der Waals surface area contributed by atoms with Gasteiger partial charge in [-0.25, -0.2) is 17.8 Å². The number of nitrogens with zero attached hydrogens (tertiary/aromatic N) is 2. The quantitative estimate of drug-likeness (QED) is 0.375. The first kappa shape index (κ1) is 25.6. The van der Waals surface area contributed by atoms with Gasteiger partial charge in [0.15, 0.2) is 0 Å². The van der Waals surface area contributed by atoms with E-state index in [-0.39, 0.29) is 22.1 Å². The molecule has 0 bridgehead atoms. The summed E-state index contributed by atoms with van der Waals surface area (Å²) in [5, 5.41) is 0.348. The summed E-state index contributed by atoms with van der Waals surface area (Å²) >= 11 is 0. The number of ether oxygens (including phenoxy) is 2. The summed E-state index contributed by atoms with van der Waals surface area (Å²) in [6.07, 6.45) is 5.20. The Hall–Kier alpha value is -4.05. The van der Waals surface area contributed by atoms with Crippen molar-refractivity contribution >= 4 is 26.8 Å². The Kier molecular flexibility index (Phi) is 6.98. The molecule has 0 spiro atoms. The number of hydrogen-bond acceptors (Lipinski definition) is 6. The van der Waals surface area contributed by atoms with Gasteiger partial charge in [-0.15, -0.1) is 0 Å². The van der Waals surface area contributed by atoms with Crippen LogP contribution in [0.4, 0.5) is 0 Å². The molecule has 3 aromatic carbocycles. The van der Waals surface area contributed by atoms with Crippen molar-refractivity contribution in [1.82, 2.24) is 14.1 Å². The number of carbonyl (C=O) groups is 1. The number of fused-ring (bicyclic) bond motifs is 1. The molecule has 1 aliphatic rings. The summed E-state index contributed by atoms with van der Waals surface area (Å²) in [6, 6.07) is 17.8. The average molecular weight is 536 g/mol. The highest BCUT2D eigenvalue weighted by atomic mass is 32.2. The second-order valence-corrected chi connectivity index (χ2v) is 11.0. The van der Waals surface area contributed by atoms with Gasteiger partial charge in [-0.3, -0.25) is 14.3 Å². The van der Waals surface area contributed by atoms with Crippen LogP contribution in [-0.2, 0) is 10.0 Å². The molecule has 4 aromatic rings. The van der Waals surface area contributed by atoms with Crippen molar-refractivity contribution in [1.29, 1.82) is 0 Å². The fourth-order valence-electron chi connectivity index (χ4n) is 5.01. The maximum atomic E-state index is 13.7. The van der Waals surface area contributed by atoms with Crippen LogP contribution >= 0.6 is 0 Å². The maximum Gasteiger partial charge on any atom is 0.279 e. The molecule has 5 rings (SSSR count). The summed E-state index contributed by atoms with van der Waals surface area (Å²) in [7, 11) is -1.06. The van der Waals surface area contributed by atoms with Crippen molar-refractivity contribution in [3.63, 3.8) is 0 Å². The summed E-state index contributed by atoms with van der Waals surface area (Å²) in [5.74, 6) is 0.360. The van der Waals surface area contributed by atoms with Gasteiger partial charge in [0.25, 0.3) is 21.5 Å². The van der Waals surface area contributed by atoms with Crippen LogP contribution in [0.1, 0.15) is 48.5 Å². The van der Waals surface area contributed by atoms with Gasteiger partial charge in [0.1, 0.15) is 11.5 Å². The maximum absolute atomic E-state index is 13.7. The van der Waals surface area contributed by atoms with Crippen molar-refractivity contribution in [2.24, 2.45) is 0 Å². The number of hydrogen-bond donors (Lipinski definition) is 1. The van der Waals surface area contributed by atoms with Crippen LogP contribution in [-0.4, -0.2) is 37.9 Å². The molecular weight excluding hydrogens is 506 g/mol. The first-order chi connectivity index (χ1) is 18.3. The predicted molar refractivity (Wildman–Crippen MR) is 144 cm³/mol. The molecule has 0 saturated heterocycles. The van der Waals surface area contributed by atoms with Crippen LogP contribution in [0.25, 0.3) is 16.6 Å². The minimum atomic E-state index is -4.12. The Balaban J connectivity index is 1.55. The van der Waals surface area contributed by atoms with E-state index in [1.165, 1.54) is 37.4 Å². The van der Waals surface area contributed by atoms with Crippen molar-refractivity contribution in [2.45, 2.75) is 43.0 Å². The van der Waals surface area contributed by atoms with Crippen LogP contribution in [0.2, 0.25) is 0 Å². The topological polar surface area (TPSA) is 109 Å². The highest BCUT2D eigenvalue weighted by Crippen LogP contribution is 2.32. The van der Waals surface area contributed by atoms with E-state index in [9.17, 15) is 18.0 Å². The SMILES string of the molecule is COc1ccc(-n2c(=O)c3cc(C(=O)NS(=O)(=O)c4ccc(OC)cc4)ccc3n2C2CCCCC2)cc1. The molecule has 1 saturated carbocycles. The van der Waals surface area contributed by atoms with Gasteiger partial charge >= 0.3 is 0 Å². The van der Waals surface area contributed by atoms with Gasteiger partial charge < -0.3 is 9.47 Å². The number of benzene rings is 3. The Morgan fingerprint density at radius 1 is 0.868 bits per heavy atom. The molecule has 9 nitrogen and oxygen atoms in total. The number of aromatic nitrogens is 2. The summed E-state index contributed by atoms with van der Waals surface area (Å²) in [5.41, 5.74) is 1.19. The monoisotopic (exact) mass is 535 g/mol. The van der Waals surface area contributed by atoms with Crippen molar-refractivity contribution in [3.8, 4) is 17.2 Å². The Morgan fingerprint density at radius 2 is 1.47 bits per heavy atom. The fourth-order valence-corrected chi connectivity index (χ4v) is 5.99. The zero-order valence-electron chi connectivity index (χ0n) is 21.2. The number of rotatable bonds is 7. The second kappa shape index (κ2) is 10.4. The zero-order chi connectivity index (χ0) is 26.9. The van der Waals surface area contributed by atoms with Gasteiger partial charge in [0.2, 0.25) is 0 Å². The third-order valence-electron chi connectivity index (χ3n) is 6.98. The molecular formula is C28H29N3O6S. The molecule has 0 radical (unpaired) electrons. The number of carbonyl (C=O) groups excluding carboxylic acids is 1. The first-order valence-corrected chi connectivity index (χ1v) is 13.9. The van der Waals surface area contributed by atoms with E-state index in [0.29, 0.717) is 28.1 Å². The number of nitrogens with one attached hydrogen (secondary N) is 1. The molecule has 1 N–H and O–H groups in total. The van der Waals surface area contributed by atoms with Crippen molar-refractivity contribution in [3.05, 3.63) is 82.6 Å². The third kappa shape index (κ3) is 4.79. The molecule has 0 aliphatic heterocycles. The molecule has 1 amide bonds. The van der Waals surface area contributed by atoms with Gasteiger partial charge in [0.05, 0.1) is 41.7 Å². The fraction of sp³-hybridized carbons (Fsp3) is 0.286. The van der Waals surface area contributed by atoms with Crippen LogP contribution in [0.15, 0.2) is 76.4 Å². The molecule has 1 aliphatic carbocycles. The molecule has 38 heavy (non-hydrogen) atoms. The lowest BCUT2D eigenvalue weighted by atomic mass is 9.95. The van der Waals surface area contributed by atoms with Crippen molar-refractivity contribution < 1.29 is 22.7 Å². The smallest absolute Gasteiger partial charge is 0.279 e. The third-order valence-corrected chi connectivity index (χ3v) is 8.33. The van der Waals surface area contributed by atoms with E-state index in [1.807, 2.05) is 16.8 Å². The summed E-state index contributed by atoms with van der Waals surface area (Å²) in [6.45, 7) is 0. The second-order valence-electron chi connectivity index (χ2n) is 9.29. The van der Waals surface area contributed by atoms with Crippen LogP contribution < -0.4 is 19.8 Å². The summed E-state index contributed by atoms with van der Waals surface area (Å²) < 4.78 is 41.7. The van der Waals surface area contributed by atoms with Crippen molar-refractivity contribution in [2.75, 3.05) is 14.2 Å². The Labute approximate surface area is 220 Å². The first-order valence-electron chi connectivity index (χ1n) is 12.5. The molecule has 0 atom stereocenters. The zero-order valence-corrected chi connectivity index (χ0v) is 22.0. The minimum absolute atomic E-state index is 0.0713. The molecule has 1 aromatic heterocycles.